The Kier molecular flexibility index (Phi) is 6.20. The zero-order chi connectivity index (χ0) is 25.5. The van der Waals surface area contributed by atoms with Crippen LogP contribution in [0.15, 0.2) is 77.7 Å². The molecular weight excluding hydrogens is 489 g/mol. The highest BCUT2D eigenvalue weighted by Crippen LogP contribution is 2.34. The zero-order valence-electron chi connectivity index (χ0n) is 17.9. The van der Waals surface area contributed by atoms with Gasteiger partial charge in [0.2, 0.25) is 0 Å². The number of nitrogens with zero attached hydrogens (tertiary/aromatic N) is 1. The first-order valence-corrected chi connectivity index (χ1v) is 11.5. The molecule has 0 bridgehead atoms. The molecule has 4 aromatic rings. The highest BCUT2D eigenvalue weighted by Gasteiger charge is 2.30. The average molecular weight is 505 g/mol. The minimum absolute atomic E-state index is 0.198. The maximum absolute atomic E-state index is 14.5. The summed E-state index contributed by atoms with van der Waals surface area (Å²) in [6.07, 6.45) is -4.46. The Hall–Kier alpha value is -3.63. The van der Waals surface area contributed by atoms with Crippen LogP contribution in [0.1, 0.15) is 11.3 Å². The van der Waals surface area contributed by atoms with E-state index in [2.05, 4.69) is 4.98 Å². The Morgan fingerprint density at radius 1 is 0.771 bits per heavy atom. The van der Waals surface area contributed by atoms with Crippen LogP contribution in [0, 0.1) is 18.6 Å². The molecule has 0 unspecified atom stereocenters. The molecule has 35 heavy (non-hydrogen) atoms. The Morgan fingerprint density at radius 2 is 1.43 bits per heavy atom. The van der Waals surface area contributed by atoms with E-state index in [9.17, 15) is 34.9 Å². The number of alkyl halides is 3. The molecular formula is C25H16F5NO3S. The van der Waals surface area contributed by atoms with Gasteiger partial charge < -0.3 is 0 Å². The fourth-order valence-electron chi connectivity index (χ4n) is 3.63. The van der Waals surface area contributed by atoms with E-state index in [1.165, 1.54) is 24.3 Å². The lowest BCUT2D eigenvalue weighted by molar-refractivity contribution is -0.137. The molecule has 3 aromatic carbocycles. The van der Waals surface area contributed by atoms with Crippen molar-refractivity contribution < 1.29 is 34.9 Å². The molecule has 10 heteroatoms. The normalized spacial score (nSPS) is 12.1. The highest BCUT2D eigenvalue weighted by atomic mass is 32.2. The second-order valence-corrected chi connectivity index (χ2v) is 9.17. The smallest absolute Gasteiger partial charge is 0.282 e. The Bertz CT molecular complexity index is 1530. The fourth-order valence-corrected chi connectivity index (χ4v) is 4.20. The number of rotatable bonds is 4. The lowest BCUT2D eigenvalue weighted by atomic mass is 9.98. The summed E-state index contributed by atoms with van der Waals surface area (Å²) in [5, 5.41) is 0. The molecule has 4 rings (SSSR count). The third-order valence-electron chi connectivity index (χ3n) is 5.27. The maximum atomic E-state index is 14.5. The lowest BCUT2D eigenvalue weighted by Gasteiger charge is -2.11. The molecule has 0 spiro atoms. The summed E-state index contributed by atoms with van der Waals surface area (Å²) in [5.74, 6) is -2.46. The van der Waals surface area contributed by atoms with Gasteiger partial charge in [-0.1, -0.05) is 30.3 Å². The standard InChI is InChI=1S/C25H16F5NO3S/c1-14-9-18(15-5-7-19(8-6-15)25(28,29)30)11-23(31-14)17-4-2-3-16(10-17)20-12-24(35(32,33)34)22(27)13-21(20)26/h2-13H,1H3,(H,32,33,34). The van der Waals surface area contributed by atoms with Crippen molar-refractivity contribution in [3.8, 4) is 33.5 Å². The molecule has 180 valence electrons. The molecule has 1 aromatic heterocycles. The summed E-state index contributed by atoms with van der Waals surface area (Å²) >= 11 is 0. The number of aryl methyl sites for hydroxylation is 1. The first-order chi connectivity index (χ1) is 16.3. The molecule has 0 saturated heterocycles. The number of hydrogen-bond acceptors (Lipinski definition) is 3. The second kappa shape index (κ2) is 8.86. The number of benzene rings is 3. The highest BCUT2D eigenvalue weighted by molar-refractivity contribution is 7.85. The Labute approximate surface area is 197 Å². The van der Waals surface area contributed by atoms with Gasteiger partial charge in [0.1, 0.15) is 16.5 Å². The predicted molar refractivity (Wildman–Crippen MR) is 120 cm³/mol. The van der Waals surface area contributed by atoms with E-state index in [0.717, 1.165) is 12.1 Å². The minimum atomic E-state index is -4.92. The quantitative estimate of drug-likeness (QED) is 0.241. The van der Waals surface area contributed by atoms with Gasteiger partial charge in [-0.2, -0.15) is 21.6 Å². The Morgan fingerprint density at radius 3 is 2.06 bits per heavy atom. The topological polar surface area (TPSA) is 67.3 Å². The van der Waals surface area contributed by atoms with Crippen LogP contribution in [0.2, 0.25) is 0 Å². The SMILES string of the molecule is Cc1cc(-c2ccc(C(F)(F)F)cc2)cc(-c2cccc(-c3cc(S(=O)(=O)O)c(F)cc3F)c2)n1. The van der Waals surface area contributed by atoms with Gasteiger partial charge in [-0.05, 0) is 60.0 Å². The molecule has 0 saturated carbocycles. The number of pyridine rings is 1. The maximum Gasteiger partial charge on any atom is 0.416 e. The first kappa shape index (κ1) is 24.5. The molecule has 4 nitrogen and oxygen atoms in total. The summed E-state index contributed by atoms with van der Waals surface area (Å²) in [5.41, 5.74) is 1.81. The third kappa shape index (κ3) is 5.23. The summed E-state index contributed by atoms with van der Waals surface area (Å²) in [6, 6.07) is 15.3. The van der Waals surface area contributed by atoms with Crippen molar-refractivity contribution in [2.75, 3.05) is 0 Å². The molecule has 1 N–H and O–H groups in total. The van der Waals surface area contributed by atoms with E-state index in [1.54, 1.807) is 31.2 Å². The molecule has 0 amide bonds. The molecule has 0 fully saturated rings. The van der Waals surface area contributed by atoms with Gasteiger partial charge in [0, 0.05) is 22.9 Å². The second-order valence-electron chi connectivity index (χ2n) is 7.78. The fraction of sp³-hybridized carbons (Fsp3) is 0.0800. The van der Waals surface area contributed by atoms with Crippen LogP contribution >= 0.6 is 0 Å². The van der Waals surface area contributed by atoms with Crippen LogP contribution in [-0.2, 0) is 16.3 Å². The summed E-state index contributed by atoms with van der Waals surface area (Å²) in [6.45, 7) is 1.71. The molecule has 1 heterocycles. The van der Waals surface area contributed by atoms with Crippen LogP contribution in [-0.4, -0.2) is 18.0 Å². The van der Waals surface area contributed by atoms with Crippen molar-refractivity contribution in [1.82, 2.24) is 4.98 Å². The number of hydrogen-bond donors (Lipinski definition) is 1. The average Bonchev–Trinajstić information content (AvgIpc) is 2.77. The molecule has 0 radical (unpaired) electrons. The van der Waals surface area contributed by atoms with Crippen LogP contribution in [0.4, 0.5) is 22.0 Å². The summed E-state index contributed by atoms with van der Waals surface area (Å²) in [4.78, 5) is 3.39. The van der Waals surface area contributed by atoms with Crippen molar-refractivity contribution >= 4 is 10.1 Å². The lowest BCUT2D eigenvalue weighted by Crippen LogP contribution is -2.04. The van der Waals surface area contributed by atoms with E-state index in [0.29, 0.717) is 40.2 Å². The Balaban J connectivity index is 1.78. The summed E-state index contributed by atoms with van der Waals surface area (Å²) < 4.78 is 99.1. The van der Waals surface area contributed by atoms with E-state index >= 15 is 0 Å². The number of halogens is 5. The third-order valence-corrected chi connectivity index (χ3v) is 6.14. The van der Waals surface area contributed by atoms with Crippen molar-refractivity contribution in [2.24, 2.45) is 0 Å². The monoisotopic (exact) mass is 505 g/mol. The van der Waals surface area contributed by atoms with Gasteiger partial charge in [-0.3, -0.25) is 9.54 Å². The van der Waals surface area contributed by atoms with Gasteiger partial charge in [0.25, 0.3) is 10.1 Å². The molecule has 0 aliphatic rings. The first-order valence-electron chi connectivity index (χ1n) is 10.1. The molecule has 0 aliphatic heterocycles. The van der Waals surface area contributed by atoms with Crippen molar-refractivity contribution in [1.29, 1.82) is 0 Å². The number of aromatic nitrogens is 1. The van der Waals surface area contributed by atoms with E-state index < -0.39 is 38.4 Å². The van der Waals surface area contributed by atoms with Crippen molar-refractivity contribution in [3.05, 3.63) is 95.7 Å². The van der Waals surface area contributed by atoms with Crippen molar-refractivity contribution in [2.45, 2.75) is 18.0 Å². The van der Waals surface area contributed by atoms with E-state index in [-0.39, 0.29) is 11.1 Å². The van der Waals surface area contributed by atoms with Gasteiger partial charge in [0.05, 0.1) is 11.3 Å². The van der Waals surface area contributed by atoms with Gasteiger partial charge >= 0.3 is 6.18 Å². The van der Waals surface area contributed by atoms with Crippen LogP contribution in [0.25, 0.3) is 33.5 Å². The van der Waals surface area contributed by atoms with Crippen molar-refractivity contribution in [3.63, 3.8) is 0 Å². The van der Waals surface area contributed by atoms with Gasteiger partial charge in [0.15, 0.2) is 0 Å². The minimum Gasteiger partial charge on any atom is -0.282 e. The largest absolute Gasteiger partial charge is 0.416 e. The molecule has 0 atom stereocenters. The molecule has 0 aliphatic carbocycles. The van der Waals surface area contributed by atoms with E-state index in [1.807, 2.05) is 0 Å². The van der Waals surface area contributed by atoms with Gasteiger partial charge in [-0.15, -0.1) is 0 Å². The van der Waals surface area contributed by atoms with Crippen LogP contribution in [0.3, 0.4) is 0 Å². The summed E-state index contributed by atoms with van der Waals surface area (Å²) in [7, 11) is -4.92. The van der Waals surface area contributed by atoms with Crippen LogP contribution < -0.4 is 0 Å². The van der Waals surface area contributed by atoms with E-state index in [4.69, 9.17) is 0 Å². The van der Waals surface area contributed by atoms with Gasteiger partial charge in [-0.25, -0.2) is 8.78 Å². The predicted octanol–water partition coefficient (Wildman–Crippen LogP) is 6.93. The van der Waals surface area contributed by atoms with Crippen LogP contribution in [0.5, 0.6) is 0 Å². The zero-order valence-corrected chi connectivity index (χ0v) is 18.8.